The van der Waals surface area contributed by atoms with Crippen molar-refractivity contribution in [2.24, 2.45) is 23.2 Å². The fourth-order valence-electron chi connectivity index (χ4n) is 3.88. The topological polar surface area (TPSA) is 40.9 Å². The van der Waals surface area contributed by atoms with Gasteiger partial charge in [0.05, 0.1) is 12.5 Å². The molecule has 0 spiro atoms. The molecule has 3 aliphatic rings. The van der Waals surface area contributed by atoms with Crippen LogP contribution in [-0.4, -0.2) is 5.78 Å². The molecule has 2 saturated carbocycles. The van der Waals surface area contributed by atoms with Gasteiger partial charge in [-0.05, 0) is 37.0 Å². The van der Waals surface area contributed by atoms with Crippen LogP contribution in [0.3, 0.4) is 0 Å². The Labute approximate surface area is 83.6 Å². The first-order chi connectivity index (χ1) is 6.79. The Morgan fingerprint density at radius 2 is 2.43 bits per heavy atom. The average Bonchev–Trinajstić information content (AvgIpc) is 2.59. The number of carbonyl (C=O) groups is 1. The van der Waals surface area contributed by atoms with Gasteiger partial charge in [-0.2, -0.15) is 5.26 Å². The monoisotopic (exact) mass is 187 g/mol. The van der Waals surface area contributed by atoms with Gasteiger partial charge in [-0.3, -0.25) is 4.79 Å². The molecule has 14 heavy (non-hydrogen) atoms. The third kappa shape index (κ3) is 0.706. The van der Waals surface area contributed by atoms with Crippen molar-refractivity contribution in [1.82, 2.24) is 0 Å². The minimum Gasteiger partial charge on any atom is -0.298 e. The standard InChI is InChI=1S/C12H13NO/c13-6-4-11(14)12-5-3-10(12)8-1-2-9(12)7-8/h1-2,8-10H,3-5,7H2. The molecule has 3 aliphatic carbocycles. The SMILES string of the molecule is N#CCC(=O)C12CCC1C1C=CC2C1. The van der Waals surface area contributed by atoms with Crippen molar-refractivity contribution in [3.63, 3.8) is 0 Å². The number of hydrogen-bond acceptors (Lipinski definition) is 2. The maximum absolute atomic E-state index is 12.0. The summed E-state index contributed by atoms with van der Waals surface area (Å²) in [7, 11) is 0. The predicted octanol–water partition coefficient (Wildman–Crippen LogP) is 2.07. The number of Topliss-reactive ketones (excluding diaryl/α,β-unsaturated/α-hetero) is 1. The Balaban J connectivity index is 1.95. The van der Waals surface area contributed by atoms with Gasteiger partial charge in [0, 0.05) is 5.41 Å². The van der Waals surface area contributed by atoms with E-state index < -0.39 is 0 Å². The normalized spacial score (nSPS) is 46.9. The lowest BCUT2D eigenvalue weighted by atomic mass is 9.53. The molecule has 0 aromatic carbocycles. The molecule has 4 atom stereocenters. The molecule has 0 aromatic heterocycles. The molecule has 2 fully saturated rings. The Kier molecular flexibility index (Phi) is 1.45. The highest BCUT2D eigenvalue weighted by Gasteiger charge is 2.64. The van der Waals surface area contributed by atoms with Crippen molar-refractivity contribution in [1.29, 1.82) is 5.26 Å². The number of nitrogens with zero attached hydrogens (tertiary/aromatic N) is 1. The summed E-state index contributed by atoms with van der Waals surface area (Å²) in [5.41, 5.74) is -0.0881. The molecular weight excluding hydrogens is 174 g/mol. The summed E-state index contributed by atoms with van der Waals surface area (Å²) in [5.74, 6) is 1.91. The molecule has 3 rings (SSSR count). The largest absolute Gasteiger partial charge is 0.298 e. The molecule has 0 saturated heterocycles. The second-order valence-electron chi connectivity index (χ2n) is 4.83. The fourth-order valence-corrected chi connectivity index (χ4v) is 3.88. The molecule has 2 nitrogen and oxygen atoms in total. The van der Waals surface area contributed by atoms with Gasteiger partial charge in [0.15, 0.2) is 5.78 Å². The molecule has 0 radical (unpaired) electrons. The van der Waals surface area contributed by atoms with Crippen LogP contribution in [0.5, 0.6) is 0 Å². The van der Waals surface area contributed by atoms with E-state index in [9.17, 15) is 4.79 Å². The Morgan fingerprint density at radius 3 is 3.00 bits per heavy atom. The van der Waals surface area contributed by atoms with Crippen molar-refractivity contribution in [2.75, 3.05) is 0 Å². The summed E-state index contributed by atoms with van der Waals surface area (Å²) < 4.78 is 0. The Morgan fingerprint density at radius 1 is 1.57 bits per heavy atom. The molecule has 0 N–H and O–H groups in total. The van der Waals surface area contributed by atoms with Gasteiger partial charge < -0.3 is 0 Å². The van der Waals surface area contributed by atoms with Crippen molar-refractivity contribution in [3.05, 3.63) is 12.2 Å². The van der Waals surface area contributed by atoms with Crippen LogP contribution in [0, 0.1) is 34.5 Å². The van der Waals surface area contributed by atoms with Gasteiger partial charge in [0.25, 0.3) is 0 Å². The zero-order chi connectivity index (χ0) is 9.76. The van der Waals surface area contributed by atoms with E-state index >= 15 is 0 Å². The van der Waals surface area contributed by atoms with Crippen LogP contribution in [0.15, 0.2) is 12.2 Å². The van der Waals surface area contributed by atoms with Crippen LogP contribution in [0.25, 0.3) is 0 Å². The van der Waals surface area contributed by atoms with Gasteiger partial charge in [0.1, 0.15) is 0 Å². The van der Waals surface area contributed by atoms with Crippen LogP contribution in [-0.2, 0) is 4.79 Å². The molecular formula is C12H13NO. The summed E-state index contributed by atoms with van der Waals surface area (Å²) in [6, 6.07) is 2.01. The third-order valence-electron chi connectivity index (χ3n) is 4.58. The van der Waals surface area contributed by atoms with E-state index in [1.54, 1.807) is 0 Å². The number of nitriles is 1. The zero-order valence-corrected chi connectivity index (χ0v) is 8.07. The van der Waals surface area contributed by atoms with Crippen molar-refractivity contribution in [2.45, 2.75) is 25.7 Å². The first-order valence-corrected chi connectivity index (χ1v) is 5.37. The molecule has 0 aromatic rings. The van der Waals surface area contributed by atoms with Gasteiger partial charge in [-0.25, -0.2) is 0 Å². The highest BCUT2D eigenvalue weighted by atomic mass is 16.1. The highest BCUT2D eigenvalue weighted by molar-refractivity contribution is 5.89. The predicted molar refractivity (Wildman–Crippen MR) is 51.1 cm³/mol. The Hall–Kier alpha value is -1.10. The van der Waals surface area contributed by atoms with Gasteiger partial charge in [-0.1, -0.05) is 12.2 Å². The summed E-state index contributed by atoms with van der Waals surface area (Å²) in [4.78, 5) is 12.0. The lowest BCUT2D eigenvalue weighted by molar-refractivity contribution is -0.140. The molecule has 0 amide bonds. The highest BCUT2D eigenvalue weighted by Crippen LogP contribution is 2.67. The maximum atomic E-state index is 12.0. The van der Waals surface area contributed by atoms with Crippen LogP contribution >= 0.6 is 0 Å². The summed E-state index contributed by atoms with van der Waals surface area (Å²) in [6.07, 6.45) is 8.02. The summed E-state index contributed by atoms with van der Waals surface area (Å²) >= 11 is 0. The third-order valence-corrected chi connectivity index (χ3v) is 4.58. The van der Waals surface area contributed by atoms with Crippen molar-refractivity contribution in [3.8, 4) is 6.07 Å². The first kappa shape index (κ1) is 8.23. The van der Waals surface area contributed by atoms with E-state index in [1.165, 1.54) is 12.8 Å². The summed E-state index contributed by atoms with van der Waals surface area (Å²) in [6.45, 7) is 0. The van der Waals surface area contributed by atoms with E-state index in [-0.39, 0.29) is 17.6 Å². The van der Waals surface area contributed by atoms with E-state index in [1.807, 2.05) is 6.07 Å². The minimum absolute atomic E-state index is 0.0881. The average molecular weight is 187 g/mol. The fraction of sp³-hybridized carbons (Fsp3) is 0.667. The van der Waals surface area contributed by atoms with Crippen LogP contribution in [0.2, 0.25) is 0 Å². The molecule has 2 heteroatoms. The van der Waals surface area contributed by atoms with Crippen LogP contribution in [0.4, 0.5) is 0 Å². The number of allylic oxidation sites excluding steroid dienone is 2. The van der Waals surface area contributed by atoms with E-state index in [2.05, 4.69) is 12.2 Å². The summed E-state index contributed by atoms with van der Waals surface area (Å²) in [5, 5.41) is 8.60. The van der Waals surface area contributed by atoms with Gasteiger partial charge in [0.2, 0.25) is 0 Å². The number of hydrogen-bond donors (Lipinski definition) is 0. The van der Waals surface area contributed by atoms with E-state index in [0.29, 0.717) is 17.8 Å². The second kappa shape index (κ2) is 2.48. The van der Waals surface area contributed by atoms with Gasteiger partial charge >= 0.3 is 0 Å². The second-order valence-corrected chi connectivity index (χ2v) is 4.83. The molecule has 2 bridgehead atoms. The number of fused-ring (bicyclic) bond motifs is 5. The van der Waals surface area contributed by atoms with E-state index in [0.717, 1.165) is 6.42 Å². The molecule has 0 aliphatic heterocycles. The molecule has 72 valence electrons. The number of carbonyl (C=O) groups excluding carboxylic acids is 1. The lowest BCUT2D eigenvalue weighted by Gasteiger charge is -2.49. The number of rotatable bonds is 2. The first-order valence-electron chi connectivity index (χ1n) is 5.37. The zero-order valence-electron chi connectivity index (χ0n) is 8.07. The quantitative estimate of drug-likeness (QED) is 0.621. The smallest absolute Gasteiger partial charge is 0.153 e. The maximum Gasteiger partial charge on any atom is 0.153 e. The molecule has 0 heterocycles. The van der Waals surface area contributed by atoms with Crippen molar-refractivity contribution < 1.29 is 4.79 Å². The van der Waals surface area contributed by atoms with Crippen LogP contribution < -0.4 is 0 Å². The van der Waals surface area contributed by atoms with Gasteiger partial charge in [-0.15, -0.1) is 0 Å². The number of ketones is 1. The van der Waals surface area contributed by atoms with E-state index in [4.69, 9.17) is 5.26 Å². The lowest BCUT2D eigenvalue weighted by Crippen LogP contribution is -2.49. The van der Waals surface area contributed by atoms with Crippen molar-refractivity contribution >= 4 is 5.78 Å². The minimum atomic E-state index is -0.0881. The van der Waals surface area contributed by atoms with Crippen LogP contribution in [0.1, 0.15) is 25.7 Å². The molecule has 4 unspecified atom stereocenters. The Bertz CT molecular complexity index is 365.